The number of carbonyl (C=O) groups excluding carboxylic acids is 3. The largest absolute Gasteiger partial charge is 0.387 e. The molecular formula is C24H21N3O9. The average Bonchev–Trinajstić information content (AvgIpc) is 2.93. The predicted molar refractivity (Wildman–Crippen MR) is 118 cm³/mol. The number of ketones is 3. The molecule has 0 spiro atoms. The van der Waals surface area contributed by atoms with Crippen molar-refractivity contribution in [3.05, 3.63) is 90.3 Å². The highest BCUT2D eigenvalue weighted by molar-refractivity contribution is 6.07. The van der Waals surface area contributed by atoms with E-state index in [1.54, 1.807) is 0 Å². The Labute approximate surface area is 203 Å². The van der Waals surface area contributed by atoms with E-state index in [1.165, 1.54) is 55.0 Å². The Hall–Kier alpha value is -3.78. The standard InChI is InChI=1S/C24H21N3O9/c28-16(13-4-1-7-25-10-13)17(29)18-21(32)23(34,19(30)14-5-2-8-26-11-14)22(33)24(35,36-18)20(31)15-6-3-9-27-12-15/h1-12,17-18,21-22,29,32-35H/t17?,18-,21-,22-,23+,24+/m1/s1. The highest BCUT2D eigenvalue weighted by Crippen LogP contribution is 2.40. The number of Topliss-reactive ketones (excluding diaryl/α,β-unsaturated/α-hetero) is 3. The number of hydrogen-bond acceptors (Lipinski definition) is 12. The molecule has 0 radical (unpaired) electrons. The molecule has 6 atom stereocenters. The van der Waals surface area contributed by atoms with E-state index in [9.17, 15) is 39.9 Å². The molecule has 12 heteroatoms. The van der Waals surface area contributed by atoms with E-state index in [-0.39, 0.29) is 16.7 Å². The first-order valence-corrected chi connectivity index (χ1v) is 10.6. The van der Waals surface area contributed by atoms with Gasteiger partial charge in [0.2, 0.25) is 11.6 Å². The number of aliphatic hydroxyl groups excluding tert-OH is 3. The molecule has 3 aromatic heterocycles. The molecule has 36 heavy (non-hydrogen) atoms. The Morgan fingerprint density at radius 1 is 0.806 bits per heavy atom. The van der Waals surface area contributed by atoms with Gasteiger partial charge in [-0.05, 0) is 36.4 Å². The summed E-state index contributed by atoms with van der Waals surface area (Å²) in [5.74, 6) is -7.15. The molecule has 1 fully saturated rings. The molecule has 186 valence electrons. The van der Waals surface area contributed by atoms with E-state index in [0.717, 1.165) is 18.6 Å². The number of aromatic nitrogens is 3. The molecule has 4 rings (SSSR count). The number of pyridine rings is 3. The summed E-state index contributed by atoms with van der Waals surface area (Å²) < 4.78 is 5.26. The minimum atomic E-state index is -3.39. The highest BCUT2D eigenvalue weighted by Gasteiger charge is 2.69. The summed E-state index contributed by atoms with van der Waals surface area (Å²) in [6, 6.07) is 7.78. The maximum absolute atomic E-state index is 13.3. The third-order valence-electron chi connectivity index (χ3n) is 5.93. The first-order valence-electron chi connectivity index (χ1n) is 10.6. The van der Waals surface area contributed by atoms with Crippen LogP contribution in [0.4, 0.5) is 0 Å². The van der Waals surface area contributed by atoms with Crippen molar-refractivity contribution in [3.63, 3.8) is 0 Å². The molecule has 0 aliphatic carbocycles. The summed E-state index contributed by atoms with van der Waals surface area (Å²) in [6.07, 6.45) is -2.66. The summed E-state index contributed by atoms with van der Waals surface area (Å²) in [5, 5.41) is 55.5. The fraction of sp³-hybridized carbons (Fsp3) is 0.250. The van der Waals surface area contributed by atoms with Crippen molar-refractivity contribution in [1.82, 2.24) is 15.0 Å². The van der Waals surface area contributed by atoms with Crippen molar-refractivity contribution in [2.75, 3.05) is 0 Å². The molecule has 3 aromatic rings. The third-order valence-corrected chi connectivity index (χ3v) is 5.93. The number of ether oxygens (including phenoxy) is 1. The van der Waals surface area contributed by atoms with Crippen LogP contribution in [0.5, 0.6) is 0 Å². The van der Waals surface area contributed by atoms with Crippen LogP contribution >= 0.6 is 0 Å². The SMILES string of the molecule is O=C(c1cccnc1)C(O)[C@H]1O[C@@](O)(C(=O)c2cccnc2)[C@H](O)[C@](O)(C(=O)c2cccnc2)[C@@H]1O. The van der Waals surface area contributed by atoms with Gasteiger partial charge in [-0.2, -0.15) is 0 Å². The van der Waals surface area contributed by atoms with Gasteiger partial charge in [0.25, 0.3) is 5.79 Å². The summed E-state index contributed by atoms with van der Waals surface area (Å²) in [7, 11) is 0. The van der Waals surface area contributed by atoms with Crippen LogP contribution in [-0.4, -0.2) is 93.6 Å². The number of nitrogens with zero attached hydrogens (tertiary/aromatic N) is 3. The van der Waals surface area contributed by atoms with Crippen molar-refractivity contribution < 1.29 is 44.7 Å². The lowest BCUT2D eigenvalue weighted by Crippen LogP contribution is -2.78. The number of hydrogen-bond donors (Lipinski definition) is 5. The number of rotatable bonds is 7. The van der Waals surface area contributed by atoms with E-state index in [1.807, 2.05) is 0 Å². The lowest BCUT2D eigenvalue weighted by Gasteiger charge is -2.51. The van der Waals surface area contributed by atoms with Crippen LogP contribution in [0, 0.1) is 0 Å². The van der Waals surface area contributed by atoms with Crippen LogP contribution in [-0.2, 0) is 4.74 Å². The Bertz CT molecular complexity index is 1260. The van der Waals surface area contributed by atoms with Crippen LogP contribution in [0.1, 0.15) is 31.1 Å². The number of carbonyl (C=O) groups is 3. The van der Waals surface area contributed by atoms with E-state index in [4.69, 9.17) is 4.74 Å². The highest BCUT2D eigenvalue weighted by atomic mass is 16.7. The molecule has 0 amide bonds. The summed E-state index contributed by atoms with van der Waals surface area (Å²) >= 11 is 0. The van der Waals surface area contributed by atoms with Gasteiger partial charge in [-0.15, -0.1) is 0 Å². The molecule has 1 unspecified atom stereocenters. The van der Waals surface area contributed by atoms with E-state index >= 15 is 0 Å². The van der Waals surface area contributed by atoms with Gasteiger partial charge in [-0.25, -0.2) is 0 Å². The van der Waals surface area contributed by atoms with Gasteiger partial charge in [0.05, 0.1) is 0 Å². The first-order chi connectivity index (χ1) is 17.1. The smallest absolute Gasteiger partial charge is 0.262 e. The Kier molecular flexibility index (Phi) is 6.82. The quantitative estimate of drug-likeness (QED) is 0.244. The molecule has 0 aromatic carbocycles. The van der Waals surface area contributed by atoms with Crippen molar-refractivity contribution >= 4 is 17.3 Å². The van der Waals surface area contributed by atoms with Gasteiger partial charge in [0, 0.05) is 53.9 Å². The zero-order chi connectivity index (χ0) is 26.1. The summed E-state index contributed by atoms with van der Waals surface area (Å²) in [5.41, 5.74) is -4.05. The lowest BCUT2D eigenvalue weighted by molar-refractivity contribution is -0.343. The molecule has 5 N–H and O–H groups in total. The topological polar surface area (TPSA) is 200 Å². The van der Waals surface area contributed by atoms with Crippen molar-refractivity contribution in [2.24, 2.45) is 0 Å². The molecule has 1 saturated heterocycles. The minimum Gasteiger partial charge on any atom is -0.387 e. The van der Waals surface area contributed by atoms with Crippen LogP contribution in [0.25, 0.3) is 0 Å². The maximum Gasteiger partial charge on any atom is 0.262 e. The van der Waals surface area contributed by atoms with Gasteiger partial charge in [-0.1, -0.05) is 0 Å². The van der Waals surface area contributed by atoms with E-state index in [2.05, 4.69) is 15.0 Å². The zero-order valence-corrected chi connectivity index (χ0v) is 18.4. The van der Waals surface area contributed by atoms with Crippen LogP contribution in [0.15, 0.2) is 73.6 Å². The molecule has 4 heterocycles. The molecule has 12 nitrogen and oxygen atoms in total. The third kappa shape index (κ3) is 4.11. The fourth-order valence-corrected chi connectivity index (χ4v) is 3.98. The second-order valence-corrected chi connectivity index (χ2v) is 8.14. The Balaban J connectivity index is 1.83. The fourth-order valence-electron chi connectivity index (χ4n) is 3.98. The van der Waals surface area contributed by atoms with Gasteiger partial charge >= 0.3 is 0 Å². The minimum absolute atomic E-state index is 0.129. The van der Waals surface area contributed by atoms with Crippen molar-refractivity contribution in [2.45, 2.75) is 35.8 Å². The average molecular weight is 495 g/mol. The van der Waals surface area contributed by atoms with Gasteiger partial charge < -0.3 is 30.3 Å². The normalized spacial score (nSPS) is 28.8. The van der Waals surface area contributed by atoms with E-state index in [0.29, 0.717) is 0 Å². The first kappa shape index (κ1) is 25.3. The van der Waals surface area contributed by atoms with Gasteiger partial charge in [0.1, 0.15) is 18.3 Å². The Morgan fingerprint density at radius 2 is 1.28 bits per heavy atom. The van der Waals surface area contributed by atoms with Crippen LogP contribution in [0.3, 0.4) is 0 Å². The Morgan fingerprint density at radius 3 is 1.75 bits per heavy atom. The lowest BCUT2D eigenvalue weighted by atomic mass is 9.72. The van der Waals surface area contributed by atoms with Crippen molar-refractivity contribution in [1.29, 1.82) is 0 Å². The van der Waals surface area contributed by atoms with Gasteiger partial charge in [-0.3, -0.25) is 29.3 Å². The summed E-state index contributed by atoms with van der Waals surface area (Å²) in [6.45, 7) is 0. The molecule has 1 aliphatic rings. The molecule has 0 bridgehead atoms. The second-order valence-electron chi connectivity index (χ2n) is 8.14. The van der Waals surface area contributed by atoms with Gasteiger partial charge in [0.15, 0.2) is 17.5 Å². The molecule has 0 saturated carbocycles. The predicted octanol–water partition coefficient (Wildman–Crippen LogP) is -1.28. The van der Waals surface area contributed by atoms with Crippen LogP contribution in [0.2, 0.25) is 0 Å². The molecular weight excluding hydrogens is 474 g/mol. The monoisotopic (exact) mass is 495 g/mol. The maximum atomic E-state index is 13.3. The van der Waals surface area contributed by atoms with Crippen LogP contribution < -0.4 is 0 Å². The number of aliphatic hydroxyl groups is 5. The zero-order valence-electron chi connectivity index (χ0n) is 18.4. The van der Waals surface area contributed by atoms with E-state index < -0.39 is 53.2 Å². The van der Waals surface area contributed by atoms with Crippen molar-refractivity contribution in [3.8, 4) is 0 Å². The second kappa shape index (κ2) is 9.70. The molecule has 1 aliphatic heterocycles. The summed E-state index contributed by atoms with van der Waals surface area (Å²) in [4.78, 5) is 50.7.